The van der Waals surface area contributed by atoms with Crippen LogP contribution in [0.1, 0.15) is 63.0 Å². The average molecular weight is 412 g/mol. The fourth-order valence-corrected chi connectivity index (χ4v) is 4.58. The first-order chi connectivity index (χ1) is 13.4. The number of guanidine groups is 1. The van der Waals surface area contributed by atoms with Gasteiger partial charge in [-0.1, -0.05) is 44.6 Å². The van der Waals surface area contributed by atoms with Crippen LogP contribution in [-0.2, 0) is 22.1 Å². The number of rotatable bonds is 10. The molecule has 0 atom stereocenters. The second-order valence-electron chi connectivity index (χ2n) is 7.75. The molecule has 1 aliphatic rings. The zero-order valence-corrected chi connectivity index (χ0v) is 18.0. The van der Waals surface area contributed by atoms with Gasteiger partial charge in [-0.3, -0.25) is 0 Å². The van der Waals surface area contributed by atoms with Crippen LogP contribution < -0.4 is 10.6 Å². The second kappa shape index (κ2) is 11.4. The summed E-state index contributed by atoms with van der Waals surface area (Å²) in [7, 11) is -3.19. The highest BCUT2D eigenvalue weighted by Crippen LogP contribution is 2.28. The number of halogens is 1. The van der Waals surface area contributed by atoms with Crippen molar-refractivity contribution in [1.82, 2.24) is 10.6 Å². The summed E-state index contributed by atoms with van der Waals surface area (Å²) in [5.41, 5.74) is 1.20. The lowest BCUT2D eigenvalue weighted by Gasteiger charge is -2.13. The molecule has 0 aromatic heterocycles. The molecule has 2 N–H and O–H groups in total. The molecule has 0 amide bonds. The first-order valence-electron chi connectivity index (χ1n) is 10.3. The Labute approximate surface area is 169 Å². The average Bonchev–Trinajstić information content (AvgIpc) is 3.13. The quantitative estimate of drug-likeness (QED) is 0.349. The van der Waals surface area contributed by atoms with Crippen LogP contribution in [0.25, 0.3) is 0 Å². The molecule has 0 saturated heterocycles. The monoisotopic (exact) mass is 411 g/mol. The van der Waals surface area contributed by atoms with E-state index in [2.05, 4.69) is 15.6 Å². The maximum Gasteiger partial charge on any atom is 0.191 e. The van der Waals surface area contributed by atoms with E-state index in [1.165, 1.54) is 63.0 Å². The minimum Gasteiger partial charge on any atom is -0.357 e. The lowest BCUT2D eigenvalue weighted by molar-refractivity contribution is 0.472. The van der Waals surface area contributed by atoms with E-state index in [1.54, 1.807) is 0 Å². The lowest BCUT2D eigenvalue weighted by atomic mass is 10.0. The summed E-state index contributed by atoms with van der Waals surface area (Å²) in [6, 6.07) is 4.20. The highest BCUT2D eigenvalue weighted by Gasteiger charge is 2.14. The predicted molar refractivity (Wildman–Crippen MR) is 114 cm³/mol. The Morgan fingerprint density at radius 3 is 2.61 bits per heavy atom. The van der Waals surface area contributed by atoms with Crippen LogP contribution in [0.15, 0.2) is 23.2 Å². The number of nitrogens with one attached hydrogen (secondary N) is 2. The van der Waals surface area contributed by atoms with Crippen molar-refractivity contribution < 1.29 is 12.8 Å². The first-order valence-corrected chi connectivity index (χ1v) is 12.4. The van der Waals surface area contributed by atoms with Crippen molar-refractivity contribution in [3.8, 4) is 0 Å². The predicted octanol–water partition coefficient (Wildman–Crippen LogP) is 3.79. The number of aliphatic imine (C=N–C) groups is 1. The normalized spacial score (nSPS) is 15.8. The number of hydrogen-bond acceptors (Lipinski definition) is 3. The van der Waals surface area contributed by atoms with Crippen LogP contribution in [0.2, 0.25) is 0 Å². The zero-order valence-electron chi connectivity index (χ0n) is 17.1. The fourth-order valence-electron chi connectivity index (χ4n) is 3.73. The number of nitrogens with zero attached hydrogens (tertiary/aromatic N) is 1. The lowest BCUT2D eigenvalue weighted by Crippen LogP contribution is -2.37. The Bertz CT molecular complexity index is 744. The van der Waals surface area contributed by atoms with Gasteiger partial charge in [-0.25, -0.2) is 17.8 Å². The minimum atomic E-state index is -3.19. The van der Waals surface area contributed by atoms with Crippen LogP contribution in [0, 0.1) is 11.7 Å². The van der Waals surface area contributed by atoms with Crippen molar-refractivity contribution in [2.75, 3.05) is 19.3 Å². The maximum absolute atomic E-state index is 13.6. The molecule has 0 spiro atoms. The molecule has 0 bridgehead atoms. The van der Waals surface area contributed by atoms with Gasteiger partial charge in [-0.05, 0) is 42.5 Å². The molecule has 5 nitrogen and oxygen atoms in total. The molecule has 1 aromatic rings. The standard InChI is InChI=1S/C21H34FN3O2S/c1-3-23-21(24-13-7-6-10-17-8-4-5-9-17)25-15-19-14-20(22)12-11-18(19)16-28(2,26)27/h11-12,14,17H,3-10,13,15-16H2,1-2H3,(H2,23,24,25). The Kier molecular flexibility index (Phi) is 9.22. The van der Waals surface area contributed by atoms with E-state index in [1.807, 2.05) is 6.92 Å². The van der Waals surface area contributed by atoms with Crippen LogP contribution >= 0.6 is 0 Å². The van der Waals surface area contributed by atoms with Gasteiger partial charge in [0.2, 0.25) is 0 Å². The Morgan fingerprint density at radius 1 is 1.18 bits per heavy atom. The van der Waals surface area contributed by atoms with E-state index < -0.39 is 9.84 Å². The van der Waals surface area contributed by atoms with Gasteiger partial charge in [0, 0.05) is 19.3 Å². The number of benzene rings is 1. The molecule has 1 aromatic carbocycles. The van der Waals surface area contributed by atoms with Crippen molar-refractivity contribution in [2.45, 2.75) is 64.2 Å². The van der Waals surface area contributed by atoms with Gasteiger partial charge in [0.05, 0.1) is 12.3 Å². The molecule has 1 aliphatic carbocycles. The van der Waals surface area contributed by atoms with Crippen LogP contribution in [0.4, 0.5) is 4.39 Å². The van der Waals surface area contributed by atoms with Crippen molar-refractivity contribution in [1.29, 1.82) is 0 Å². The fraction of sp³-hybridized carbons (Fsp3) is 0.667. The van der Waals surface area contributed by atoms with E-state index in [9.17, 15) is 12.8 Å². The zero-order chi connectivity index (χ0) is 20.4. The molecule has 2 rings (SSSR count). The molecule has 1 saturated carbocycles. The Hall–Kier alpha value is -1.63. The van der Waals surface area contributed by atoms with E-state index in [4.69, 9.17) is 0 Å². The molecule has 28 heavy (non-hydrogen) atoms. The van der Waals surface area contributed by atoms with Crippen LogP contribution in [0.3, 0.4) is 0 Å². The molecule has 0 unspecified atom stereocenters. The molecular weight excluding hydrogens is 377 g/mol. The van der Waals surface area contributed by atoms with Gasteiger partial charge < -0.3 is 10.6 Å². The largest absolute Gasteiger partial charge is 0.357 e. The molecule has 1 fully saturated rings. The van der Waals surface area contributed by atoms with Crippen molar-refractivity contribution in [3.05, 3.63) is 35.1 Å². The summed E-state index contributed by atoms with van der Waals surface area (Å²) in [6.07, 6.45) is 10.4. The summed E-state index contributed by atoms with van der Waals surface area (Å²) in [6.45, 7) is 3.81. The summed E-state index contributed by atoms with van der Waals surface area (Å²) in [5, 5.41) is 6.52. The SMILES string of the molecule is CCNC(=NCc1cc(F)ccc1CS(C)(=O)=O)NCCCCC1CCCC1. The first kappa shape index (κ1) is 22.7. The smallest absolute Gasteiger partial charge is 0.191 e. The minimum absolute atomic E-state index is 0.108. The molecule has 0 aliphatic heterocycles. The molecule has 158 valence electrons. The highest BCUT2D eigenvalue weighted by atomic mass is 32.2. The third kappa shape index (κ3) is 8.59. The van der Waals surface area contributed by atoms with Gasteiger partial charge in [0.25, 0.3) is 0 Å². The van der Waals surface area contributed by atoms with E-state index >= 15 is 0 Å². The van der Waals surface area contributed by atoms with Gasteiger partial charge in [-0.2, -0.15) is 0 Å². The van der Waals surface area contributed by atoms with Crippen molar-refractivity contribution >= 4 is 15.8 Å². The molecule has 0 heterocycles. The molecule has 7 heteroatoms. The van der Waals surface area contributed by atoms with Gasteiger partial charge in [-0.15, -0.1) is 0 Å². The number of sulfone groups is 1. The summed E-state index contributed by atoms with van der Waals surface area (Å²) < 4.78 is 36.9. The van der Waals surface area contributed by atoms with Gasteiger partial charge in [0.1, 0.15) is 5.82 Å². The summed E-state index contributed by atoms with van der Waals surface area (Å²) in [4.78, 5) is 4.52. The number of unbranched alkanes of at least 4 members (excludes halogenated alkanes) is 1. The summed E-state index contributed by atoms with van der Waals surface area (Å²) >= 11 is 0. The second-order valence-corrected chi connectivity index (χ2v) is 9.89. The van der Waals surface area contributed by atoms with Gasteiger partial charge >= 0.3 is 0 Å². The van der Waals surface area contributed by atoms with E-state index in [0.717, 1.165) is 25.4 Å². The molecular formula is C21H34FN3O2S. The number of hydrogen-bond donors (Lipinski definition) is 2. The van der Waals surface area contributed by atoms with Crippen molar-refractivity contribution in [3.63, 3.8) is 0 Å². The topological polar surface area (TPSA) is 70.6 Å². The van der Waals surface area contributed by atoms with Crippen molar-refractivity contribution in [2.24, 2.45) is 10.9 Å². The summed E-state index contributed by atoms with van der Waals surface area (Å²) in [5.74, 6) is 1.11. The van der Waals surface area contributed by atoms with E-state index in [-0.39, 0.29) is 18.1 Å². The Morgan fingerprint density at radius 2 is 1.93 bits per heavy atom. The Balaban J connectivity index is 1.89. The third-order valence-corrected chi connectivity index (χ3v) is 5.98. The third-order valence-electron chi connectivity index (χ3n) is 5.14. The highest BCUT2D eigenvalue weighted by molar-refractivity contribution is 7.89. The van der Waals surface area contributed by atoms with E-state index in [0.29, 0.717) is 17.1 Å². The van der Waals surface area contributed by atoms with Crippen LogP contribution in [0.5, 0.6) is 0 Å². The van der Waals surface area contributed by atoms with Gasteiger partial charge in [0.15, 0.2) is 15.8 Å². The maximum atomic E-state index is 13.6. The van der Waals surface area contributed by atoms with Crippen LogP contribution in [-0.4, -0.2) is 33.7 Å². The molecule has 0 radical (unpaired) electrons.